The van der Waals surface area contributed by atoms with Gasteiger partial charge in [-0.05, 0) is 25.8 Å². The van der Waals surface area contributed by atoms with Gasteiger partial charge in [-0.25, -0.2) is 9.78 Å². The summed E-state index contributed by atoms with van der Waals surface area (Å²) >= 11 is 0. The van der Waals surface area contributed by atoms with Crippen LogP contribution in [0.2, 0.25) is 0 Å². The van der Waals surface area contributed by atoms with Gasteiger partial charge in [0.05, 0.1) is 23.3 Å². The number of aryl methyl sites for hydroxylation is 1. The van der Waals surface area contributed by atoms with E-state index < -0.39 is 17.4 Å². The van der Waals surface area contributed by atoms with Crippen LogP contribution in [-0.2, 0) is 9.53 Å². The Bertz CT molecular complexity index is 834. The van der Waals surface area contributed by atoms with E-state index in [4.69, 9.17) is 9.26 Å². The minimum absolute atomic E-state index is 0.0413. The van der Waals surface area contributed by atoms with Crippen LogP contribution in [-0.4, -0.2) is 45.9 Å². The molecule has 24 heavy (non-hydrogen) atoms. The molecule has 1 aliphatic carbocycles. The van der Waals surface area contributed by atoms with Gasteiger partial charge in [0.25, 0.3) is 11.6 Å². The van der Waals surface area contributed by atoms with Gasteiger partial charge in [0.1, 0.15) is 0 Å². The Balaban J connectivity index is 1.75. The minimum Gasteiger partial charge on any atom is -0.479 e. The Morgan fingerprint density at radius 2 is 2.21 bits per heavy atom. The number of carbonyl (C=O) groups excluding carboxylic acids is 1. The van der Waals surface area contributed by atoms with Gasteiger partial charge in [0, 0.05) is 24.6 Å². The van der Waals surface area contributed by atoms with E-state index in [1.54, 1.807) is 13.0 Å². The first-order chi connectivity index (χ1) is 11.5. The highest BCUT2D eigenvalue weighted by Gasteiger charge is 2.44. The van der Waals surface area contributed by atoms with Gasteiger partial charge >= 0.3 is 5.97 Å². The minimum atomic E-state index is -1.39. The Kier molecular flexibility index (Phi) is 3.31. The molecule has 1 aliphatic heterocycles. The fraction of sp³-hybridized carbons (Fsp3) is 0.500. The molecule has 0 bridgehead atoms. The van der Waals surface area contributed by atoms with E-state index in [9.17, 15) is 14.7 Å². The first kappa shape index (κ1) is 15.1. The second kappa shape index (κ2) is 5.27. The maximum Gasteiger partial charge on any atom is 0.331 e. The van der Waals surface area contributed by atoms with E-state index in [-0.39, 0.29) is 13.0 Å². The van der Waals surface area contributed by atoms with Crippen LogP contribution >= 0.6 is 0 Å². The summed E-state index contributed by atoms with van der Waals surface area (Å²) in [6.45, 7) is 1.99. The van der Waals surface area contributed by atoms with Crippen molar-refractivity contribution in [1.29, 1.82) is 0 Å². The van der Waals surface area contributed by atoms with Gasteiger partial charge in [0.15, 0.2) is 5.54 Å². The molecule has 4 rings (SSSR count). The lowest BCUT2D eigenvalue weighted by Crippen LogP contribution is -2.55. The lowest BCUT2D eigenvalue weighted by Gasteiger charge is -2.23. The molecule has 2 aromatic heterocycles. The smallest absolute Gasteiger partial charge is 0.331 e. The number of carboxylic acids is 1. The molecule has 2 N–H and O–H groups in total. The number of ether oxygens (including phenoxy) is 1. The molecule has 1 unspecified atom stereocenters. The van der Waals surface area contributed by atoms with E-state index in [1.165, 1.54) is 0 Å². The second-order valence-electron chi connectivity index (χ2n) is 6.46. The lowest BCUT2D eigenvalue weighted by molar-refractivity contribution is -0.144. The van der Waals surface area contributed by atoms with Crippen LogP contribution in [0.4, 0.5) is 0 Å². The van der Waals surface area contributed by atoms with Gasteiger partial charge < -0.3 is 19.7 Å². The van der Waals surface area contributed by atoms with Crippen molar-refractivity contribution < 1.29 is 24.0 Å². The molecule has 8 nitrogen and oxygen atoms in total. The molecule has 1 saturated carbocycles. The zero-order valence-electron chi connectivity index (χ0n) is 13.2. The number of nitrogens with one attached hydrogen (secondary N) is 1. The topological polar surface area (TPSA) is 115 Å². The second-order valence-corrected chi connectivity index (χ2v) is 6.46. The lowest BCUT2D eigenvalue weighted by atomic mass is 9.97. The SMILES string of the molecule is Cc1noc2nc(C3CC3)cc(C(=O)NC3(C(=O)O)CCOC3)c12. The van der Waals surface area contributed by atoms with Crippen LogP contribution in [0.15, 0.2) is 10.6 Å². The molecule has 126 valence electrons. The van der Waals surface area contributed by atoms with Crippen molar-refractivity contribution >= 4 is 23.0 Å². The highest BCUT2D eigenvalue weighted by molar-refractivity contribution is 6.07. The molecule has 2 aromatic rings. The highest BCUT2D eigenvalue weighted by Crippen LogP contribution is 2.40. The molecular formula is C16H17N3O5. The number of hydrogen-bond acceptors (Lipinski definition) is 6. The summed E-state index contributed by atoms with van der Waals surface area (Å²) in [5.74, 6) is -1.23. The van der Waals surface area contributed by atoms with Crippen LogP contribution < -0.4 is 5.32 Å². The quantitative estimate of drug-likeness (QED) is 0.869. The van der Waals surface area contributed by atoms with Crippen molar-refractivity contribution in [3.63, 3.8) is 0 Å². The van der Waals surface area contributed by atoms with E-state index in [2.05, 4.69) is 15.5 Å². The molecule has 1 amide bonds. The number of rotatable bonds is 4. The fourth-order valence-electron chi connectivity index (χ4n) is 3.05. The van der Waals surface area contributed by atoms with Crippen molar-refractivity contribution in [3.8, 4) is 0 Å². The van der Waals surface area contributed by atoms with Gasteiger partial charge in [-0.2, -0.15) is 0 Å². The van der Waals surface area contributed by atoms with E-state index in [0.29, 0.717) is 34.9 Å². The summed E-state index contributed by atoms with van der Waals surface area (Å²) in [5, 5.41) is 16.6. The third-order valence-corrected chi connectivity index (χ3v) is 4.66. The number of nitrogens with zero attached hydrogens (tertiary/aromatic N) is 2. The molecule has 0 radical (unpaired) electrons. The summed E-state index contributed by atoms with van der Waals surface area (Å²) in [6, 6.07) is 1.73. The van der Waals surface area contributed by atoms with Crippen molar-refractivity contribution in [2.45, 2.75) is 37.6 Å². The van der Waals surface area contributed by atoms with Crippen LogP contribution in [0.25, 0.3) is 11.1 Å². The Morgan fingerprint density at radius 1 is 1.42 bits per heavy atom. The first-order valence-electron chi connectivity index (χ1n) is 7.91. The number of carboxylic acid groups (broad SMARTS) is 1. The van der Waals surface area contributed by atoms with E-state index >= 15 is 0 Å². The maximum absolute atomic E-state index is 12.8. The monoisotopic (exact) mass is 331 g/mol. The summed E-state index contributed by atoms with van der Waals surface area (Å²) in [7, 11) is 0. The molecule has 0 aromatic carbocycles. The Hall–Kier alpha value is -2.48. The number of hydrogen-bond donors (Lipinski definition) is 2. The van der Waals surface area contributed by atoms with Crippen LogP contribution in [0.3, 0.4) is 0 Å². The molecule has 1 saturated heterocycles. The zero-order chi connectivity index (χ0) is 16.9. The number of aliphatic carboxylic acids is 1. The summed E-state index contributed by atoms with van der Waals surface area (Å²) in [4.78, 5) is 28.9. The third kappa shape index (κ3) is 2.34. The standard InChI is InChI=1S/C16H17N3O5/c1-8-12-10(6-11(9-2-3-9)17-14(12)24-19-8)13(20)18-16(15(21)22)4-5-23-7-16/h6,9H,2-5,7H2,1H3,(H,18,20)(H,21,22). The average molecular weight is 331 g/mol. The van der Waals surface area contributed by atoms with Gasteiger partial charge in [-0.1, -0.05) is 5.16 Å². The molecule has 1 atom stereocenters. The summed E-state index contributed by atoms with van der Waals surface area (Å²) in [6.07, 6.45) is 2.29. The Labute approximate surface area is 137 Å². The largest absolute Gasteiger partial charge is 0.479 e. The number of amides is 1. The van der Waals surface area contributed by atoms with Crippen LogP contribution in [0.5, 0.6) is 0 Å². The predicted molar refractivity (Wildman–Crippen MR) is 81.8 cm³/mol. The first-order valence-corrected chi connectivity index (χ1v) is 7.91. The maximum atomic E-state index is 12.8. The summed E-state index contributed by atoms with van der Waals surface area (Å²) < 4.78 is 10.4. The number of pyridine rings is 1. The van der Waals surface area contributed by atoms with Gasteiger partial charge in [-0.15, -0.1) is 0 Å². The molecule has 2 aliphatic rings. The van der Waals surface area contributed by atoms with E-state index in [0.717, 1.165) is 18.5 Å². The van der Waals surface area contributed by atoms with Crippen molar-refractivity contribution in [2.75, 3.05) is 13.2 Å². The van der Waals surface area contributed by atoms with E-state index in [1.807, 2.05) is 0 Å². The summed E-state index contributed by atoms with van der Waals surface area (Å²) in [5.41, 5.74) is 0.618. The Morgan fingerprint density at radius 3 is 2.83 bits per heavy atom. The number of fused-ring (bicyclic) bond motifs is 1. The van der Waals surface area contributed by atoms with Crippen LogP contribution in [0, 0.1) is 6.92 Å². The van der Waals surface area contributed by atoms with Crippen LogP contribution in [0.1, 0.15) is 46.9 Å². The highest BCUT2D eigenvalue weighted by atomic mass is 16.5. The van der Waals surface area contributed by atoms with Crippen molar-refractivity contribution in [2.24, 2.45) is 0 Å². The predicted octanol–water partition coefficient (Wildman–Crippen LogP) is 1.38. The molecule has 2 fully saturated rings. The van der Waals surface area contributed by atoms with Crippen molar-refractivity contribution in [3.05, 3.63) is 23.0 Å². The third-order valence-electron chi connectivity index (χ3n) is 4.66. The molecule has 3 heterocycles. The average Bonchev–Trinajstić information content (AvgIpc) is 3.19. The molecule has 8 heteroatoms. The van der Waals surface area contributed by atoms with Crippen molar-refractivity contribution in [1.82, 2.24) is 15.5 Å². The van der Waals surface area contributed by atoms with Gasteiger partial charge in [-0.3, -0.25) is 4.79 Å². The zero-order valence-corrected chi connectivity index (χ0v) is 13.2. The van der Waals surface area contributed by atoms with Gasteiger partial charge in [0.2, 0.25) is 0 Å². The number of aromatic nitrogens is 2. The fourth-order valence-corrected chi connectivity index (χ4v) is 3.05. The normalized spacial score (nSPS) is 23.5. The molecular weight excluding hydrogens is 314 g/mol. The number of carbonyl (C=O) groups is 2. The molecule has 0 spiro atoms.